The summed E-state index contributed by atoms with van der Waals surface area (Å²) in [6.07, 6.45) is -2.62. The molecule has 9 heteroatoms. The van der Waals surface area contributed by atoms with Gasteiger partial charge in [-0.2, -0.15) is 13.2 Å². The summed E-state index contributed by atoms with van der Waals surface area (Å²) in [7, 11) is 0. The number of hydrogen-bond donors (Lipinski definition) is 0. The van der Waals surface area contributed by atoms with E-state index >= 15 is 0 Å². The number of carbonyl (C=O) groups excluding carboxylic acids is 1. The van der Waals surface area contributed by atoms with Crippen LogP contribution in [0.2, 0.25) is 5.02 Å². The van der Waals surface area contributed by atoms with Crippen LogP contribution in [0.1, 0.15) is 17.7 Å². The molecule has 5 nitrogen and oxygen atoms in total. The summed E-state index contributed by atoms with van der Waals surface area (Å²) in [5.74, 6) is 0.247. The number of hydrogen-bond acceptors (Lipinski definition) is 4. The number of aryl methyl sites for hydroxylation is 1. The summed E-state index contributed by atoms with van der Waals surface area (Å²) < 4.78 is 38.3. The molecular weight excluding hydrogens is 381 g/mol. The van der Waals surface area contributed by atoms with Gasteiger partial charge < -0.3 is 9.80 Å². The quantitative estimate of drug-likeness (QED) is 0.791. The Balaban J connectivity index is 1.53. The van der Waals surface area contributed by atoms with Crippen LogP contribution >= 0.6 is 11.6 Å². The van der Waals surface area contributed by atoms with Crippen molar-refractivity contribution in [2.75, 3.05) is 31.1 Å². The molecule has 0 bridgehead atoms. The number of halogens is 4. The lowest BCUT2D eigenvalue weighted by atomic mass is 10.1. The van der Waals surface area contributed by atoms with Crippen molar-refractivity contribution < 1.29 is 18.0 Å². The highest BCUT2D eigenvalue weighted by molar-refractivity contribution is 6.30. The normalized spacial score (nSPS) is 15.1. The van der Waals surface area contributed by atoms with Crippen LogP contribution in [0.15, 0.2) is 36.7 Å². The van der Waals surface area contributed by atoms with Crippen molar-refractivity contribution in [2.24, 2.45) is 0 Å². The van der Waals surface area contributed by atoms with Crippen LogP contribution in [-0.4, -0.2) is 47.0 Å². The fraction of sp³-hybridized carbons (Fsp3) is 0.389. The molecule has 0 radical (unpaired) electrons. The summed E-state index contributed by atoms with van der Waals surface area (Å²) in [5, 5.41) is 0.636. The van der Waals surface area contributed by atoms with E-state index in [0.717, 1.165) is 18.0 Å². The molecule has 0 atom stereocenters. The highest BCUT2D eigenvalue weighted by Gasteiger charge is 2.33. The predicted molar refractivity (Wildman–Crippen MR) is 95.6 cm³/mol. The third-order valence-electron chi connectivity index (χ3n) is 4.42. The van der Waals surface area contributed by atoms with Crippen LogP contribution in [0, 0.1) is 0 Å². The van der Waals surface area contributed by atoms with Crippen molar-refractivity contribution in [1.82, 2.24) is 14.9 Å². The maximum Gasteiger partial charge on any atom is 0.433 e. The average Bonchev–Trinajstić information content (AvgIpc) is 2.66. The molecule has 144 valence electrons. The van der Waals surface area contributed by atoms with Gasteiger partial charge in [0.2, 0.25) is 5.91 Å². The first-order chi connectivity index (χ1) is 12.8. The molecule has 1 aromatic carbocycles. The number of benzene rings is 1. The smallest absolute Gasteiger partial charge is 0.353 e. The lowest BCUT2D eigenvalue weighted by Crippen LogP contribution is -2.49. The Labute approximate surface area is 159 Å². The predicted octanol–water partition coefficient (Wildman–Crippen LogP) is 3.43. The number of nitrogens with zero attached hydrogens (tertiary/aromatic N) is 4. The Morgan fingerprint density at radius 3 is 2.52 bits per heavy atom. The van der Waals surface area contributed by atoms with Gasteiger partial charge in [0.05, 0.1) is 0 Å². The van der Waals surface area contributed by atoms with E-state index in [1.807, 2.05) is 18.2 Å². The number of amides is 1. The topological polar surface area (TPSA) is 49.3 Å². The Kier molecular flexibility index (Phi) is 5.84. The Morgan fingerprint density at radius 2 is 1.85 bits per heavy atom. The largest absolute Gasteiger partial charge is 0.433 e. The minimum absolute atomic E-state index is 0.0216. The first kappa shape index (κ1) is 19.4. The lowest BCUT2D eigenvalue weighted by Gasteiger charge is -2.35. The molecule has 0 aliphatic carbocycles. The van der Waals surface area contributed by atoms with Gasteiger partial charge in [0, 0.05) is 43.7 Å². The average molecular weight is 399 g/mol. The van der Waals surface area contributed by atoms with Gasteiger partial charge in [0.15, 0.2) is 0 Å². The third kappa shape index (κ3) is 5.09. The minimum Gasteiger partial charge on any atom is -0.353 e. The van der Waals surface area contributed by atoms with Crippen LogP contribution < -0.4 is 4.90 Å². The van der Waals surface area contributed by atoms with Gasteiger partial charge in [0.25, 0.3) is 0 Å². The molecule has 2 aromatic rings. The number of anilines is 1. The van der Waals surface area contributed by atoms with Crippen LogP contribution in [0.25, 0.3) is 0 Å². The minimum atomic E-state index is -4.50. The monoisotopic (exact) mass is 398 g/mol. The summed E-state index contributed by atoms with van der Waals surface area (Å²) in [4.78, 5) is 23.0. The second kappa shape index (κ2) is 8.12. The molecule has 27 heavy (non-hydrogen) atoms. The number of piperazine rings is 1. The van der Waals surface area contributed by atoms with E-state index in [4.69, 9.17) is 11.6 Å². The molecule has 2 heterocycles. The molecule has 1 saturated heterocycles. The van der Waals surface area contributed by atoms with Gasteiger partial charge in [0.1, 0.15) is 17.8 Å². The molecular formula is C18H18ClF3N4O. The van der Waals surface area contributed by atoms with Gasteiger partial charge in [-0.25, -0.2) is 9.97 Å². The number of rotatable bonds is 4. The molecule has 1 amide bonds. The Hall–Kier alpha value is -2.35. The van der Waals surface area contributed by atoms with Crippen LogP contribution in [-0.2, 0) is 17.4 Å². The van der Waals surface area contributed by atoms with Gasteiger partial charge in [-0.15, -0.1) is 0 Å². The summed E-state index contributed by atoms with van der Waals surface area (Å²) in [6, 6.07) is 8.32. The van der Waals surface area contributed by atoms with Crippen molar-refractivity contribution in [1.29, 1.82) is 0 Å². The molecule has 1 aliphatic rings. The zero-order chi connectivity index (χ0) is 19.4. The zero-order valence-electron chi connectivity index (χ0n) is 14.4. The van der Waals surface area contributed by atoms with E-state index in [9.17, 15) is 18.0 Å². The highest BCUT2D eigenvalue weighted by atomic mass is 35.5. The second-order valence-electron chi connectivity index (χ2n) is 6.26. The highest BCUT2D eigenvalue weighted by Crippen LogP contribution is 2.29. The van der Waals surface area contributed by atoms with Gasteiger partial charge in [-0.05, 0) is 24.1 Å². The van der Waals surface area contributed by atoms with Crippen molar-refractivity contribution in [2.45, 2.75) is 19.0 Å². The summed E-state index contributed by atoms with van der Waals surface area (Å²) >= 11 is 5.94. The maximum atomic E-state index is 12.8. The Morgan fingerprint density at radius 1 is 1.11 bits per heavy atom. The summed E-state index contributed by atoms with van der Waals surface area (Å²) in [6.45, 7) is 1.74. The SMILES string of the molecule is O=C(CCc1cccc(Cl)c1)N1CCN(c2cc(C(F)(F)F)ncn2)CC1. The van der Waals surface area contributed by atoms with Crippen LogP contribution in [0.4, 0.5) is 19.0 Å². The van der Waals surface area contributed by atoms with E-state index in [-0.39, 0.29) is 11.7 Å². The number of alkyl halides is 3. The fourth-order valence-electron chi connectivity index (χ4n) is 2.96. The molecule has 0 N–H and O–H groups in total. The van der Waals surface area contributed by atoms with Gasteiger partial charge >= 0.3 is 6.18 Å². The first-order valence-electron chi connectivity index (χ1n) is 8.49. The van der Waals surface area contributed by atoms with Crippen molar-refractivity contribution in [3.8, 4) is 0 Å². The van der Waals surface area contributed by atoms with E-state index in [1.165, 1.54) is 0 Å². The zero-order valence-corrected chi connectivity index (χ0v) is 15.2. The molecule has 0 saturated carbocycles. The molecule has 1 fully saturated rings. The number of carbonyl (C=O) groups is 1. The van der Waals surface area contributed by atoms with Gasteiger partial charge in [-0.3, -0.25) is 4.79 Å². The van der Waals surface area contributed by atoms with Crippen LogP contribution in [0.5, 0.6) is 0 Å². The number of aromatic nitrogens is 2. The van der Waals surface area contributed by atoms with Crippen molar-refractivity contribution in [3.63, 3.8) is 0 Å². The third-order valence-corrected chi connectivity index (χ3v) is 4.65. The van der Waals surface area contributed by atoms with E-state index in [1.54, 1.807) is 15.9 Å². The molecule has 3 rings (SSSR count). The van der Waals surface area contributed by atoms with E-state index in [0.29, 0.717) is 44.0 Å². The van der Waals surface area contributed by atoms with E-state index < -0.39 is 11.9 Å². The summed E-state index contributed by atoms with van der Waals surface area (Å²) in [5.41, 5.74) is 0.0303. The van der Waals surface area contributed by atoms with E-state index in [2.05, 4.69) is 9.97 Å². The molecule has 0 spiro atoms. The van der Waals surface area contributed by atoms with Crippen molar-refractivity contribution >= 4 is 23.3 Å². The first-order valence-corrected chi connectivity index (χ1v) is 8.87. The standard InChI is InChI=1S/C18H18ClF3N4O/c19-14-3-1-2-13(10-14)4-5-17(27)26-8-6-25(7-9-26)16-11-15(18(20,21)22)23-12-24-16/h1-3,10-12H,4-9H2. The molecule has 0 unspecified atom stereocenters. The van der Waals surface area contributed by atoms with Gasteiger partial charge in [-0.1, -0.05) is 23.7 Å². The maximum absolute atomic E-state index is 12.8. The fourth-order valence-corrected chi connectivity index (χ4v) is 3.17. The van der Waals surface area contributed by atoms with Crippen molar-refractivity contribution in [3.05, 3.63) is 52.9 Å². The second-order valence-corrected chi connectivity index (χ2v) is 6.69. The lowest BCUT2D eigenvalue weighted by molar-refractivity contribution is -0.141. The molecule has 1 aliphatic heterocycles. The Bertz CT molecular complexity index is 807. The molecule has 1 aromatic heterocycles. The van der Waals surface area contributed by atoms with Crippen LogP contribution in [0.3, 0.4) is 0 Å².